The van der Waals surface area contributed by atoms with E-state index in [0.29, 0.717) is 34.9 Å². The second-order valence-electron chi connectivity index (χ2n) is 7.58. The van der Waals surface area contributed by atoms with E-state index in [9.17, 15) is 9.59 Å². The molecule has 0 spiro atoms. The Balaban J connectivity index is 1.88. The third-order valence-electron chi connectivity index (χ3n) is 5.66. The second-order valence-corrected chi connectivity index (χ2v) is 7.99. The highest BCUT2D eigenvalue weighted by atomic mass is 35.5. The highest BCUT2D eigenvalue weighted by Crippen LogP contribution is 2.43. The molecule has 4 rings (SSSR count). The second kappa shape index (κ2) is 8.93. The van der Waals surface area contributed by atoms with Gasteiger partial charge in [0.2, 0.25) is 5.88 Å². The predicted octanol–water partition coefficient (Wildman–Crippen LogP) is 3.92. The van der Waals surface area contributed by atoms with E-state index in [-0.39, 0.29) is 17.0 Å². The van der Waals surface area contributed by atoms with Gasteiger partial charge < -0.3 is 19.8 Å². The van der Waals surface area contributed by atoms with Crippen LogP contribution in [0.3, 0.4) is 0 Å². The van der Waals surface area contributed by atoms with Gasteiger partial charge in [0.1, 0.15) is 11.3 Å². The summed E-state index contributed by atoms with van der Waals surface area (Å²) >= 11 is 6.48. The molecule has 0 saturated carbocycles. The Bertz CT molecular complexity index is 1260. The minimum Gasteiger partial charge on any atom is -0.465 e. The highest BCUT2D eigenvalue weighted by molar-refractivity contribution is 6.31. The van der Waals surface area contributed by atoms with Gasteiger partial charge in [-0.05, 0) is 30.5 Å². The molecule has 0 saturated heterocycles. The normalized spacial score (nSPS) is 15.2. The Morgan fingerprint density at radius 2 is 1.84 bits per heavy atom. The smallest absolute Gasteiger partial charge is 0.340 e. The first-order chi connectivity index (χ1) is 15.4. The van der Waals surface area contributed by atoms with Crippen molar-refractivity contribution in [3.8, 4) is 5.75 Å². The number of carbonyl (C=O) groups excluding carboxylic acids is 1. The number of nitrogens with two attached hydrogens (primary N) is 1. The Labute approximate surface area is 190 Å². The zero-order valence-corrected chi connectivity index (χ0v) is 18.6. The molecule has 0 aliphatic carbocycles. The van der Waals surface area contributed by atoms with Crippen molar-refractivity contribution in [1.82, 2.24) is 4.57 Å². The van der Waals surface area contributed by atoms with Gasteiger partial charge in [-0.25, -0.2) is 4.79 Å². The fourth-order valence-corrected chi connectivity index (χ4v) is 4.32. The standard InChI is InChI=1S/C25H23ClN2O4/c1-15-14-19-21(24(29)28(15)13-12-16-8-4-3-5-9-16)20(17-10-6-7-11-18(17)26)22(23(27)32-19)25(30)31-2/h3-11,14,20H,12-13,27H2,1-2H3/t20-/m1/s1. The molecule has 0 unspecified atom stereocenters. The molecule has 2 heterocycles. The molecule has 6 nitrogen and oxygen atoms in total. The maximum Gasteiger partial charge on any atom is 0.340 e. The molecule has 7 heteroatoms. The first kappa shape index (κ1) is 21.7. The fraction of sp³-hybridized carbons (Fsp3) is 0.200. The van der Waals surface area contributed by atoms with Crippen LogP contribution in [-0.4, -0.2) is 17.6 Å². The summed E-state index contributed by atoms with van der Waals surface area (Å²) in [7, 11) is 1.26. The molecule has 1 aliphatic heterocycles. The summed E-state index contributed by atoms with van der Waals surface area (Å²) in [5, 5.41) is 0.412. The van der Waals surface area contributed by atoms with Crippen LogP contribution in [0.25, 0.3) is 0 Å². The summed E-state index contributed by atoms with van der Waals surface area (Å²) in [5.74, 6) is -1.27. The highest BCUT2D eigenvalue weighted by Gasteiger charge is 2.39. The lowest BCUT2D eigenvalue weighted by molar-refractivity contribution is -0.136. The van der Waals surface area contributed by atoms with Crippen LogP contribution in [0, 0.1) is 6.92 Å². The molecule has 1 aliphatic rings. The number of carbonyl (C=O) groups is 1. The number of benzene rings is 2. The number of esters is 1. The zero-order valence-electron chi connectivity index (χ0n) is 17.8. The Morgan fingerprint density at radius 3 is 2.53 bits per heavy atom. The molecular formula is C25H23ClN2O4. The average Bonchev–Trinajstić information content (AvgIpc) is 2.78. The number of aryl methyl sites for hydroxylation is 2. The number of aromatic nitrogens is 1. The molecule has 2 aromatic carbocycles. The summed E-state index contributed by atoms with van der Waals surface area (Å²) in [6, 6.07) is 18.8. The Kier molecular flexibility index (Phi) is 6.06. The van der Waals surface area contributed by atoms with Gasteiger partial charge in [0.25, 0.3) is 5.56 Å². The van der Waals surface area contributed by atoms with Crippen molar-refractivity contribution in [3.05, 3.63) is 110 Å². The number of halogens is 1. The number of hydrogen-bond donors (Lipinski definition) is 1. The van der Waals surface area contributed by atoms with Crippen LogP contribution in [0.1, 0.15) is 28.3 Å². The van der Waals surface area contributed by atoms with E-state index in [1.165, 1.54) is 7.11 Å². The van der Waals surface area contributed by atoms with Gasteiger partial charge in [-0.3, -0.25) is 4.79 Å². The van der Waals surface area contributed by atoms with E-state index < -0.39 is 11.9 Å². The van der Waals surface area contributed by atoms with Crippen LogP contribution < -0.4 is 16.0 Å². The first-order valence-corrected chi connectivity index (χ1v) is 10.6. The minimum absolute atomic E-state index is 0.0589. The van der Waals surface area contributed by atoms with Gasteiger partial charge in [-0.15, -0.1) is 0 Å². The fourth-order valence-electron chi connectivity index (χ4n) is 4.08. The number of rotatable bonds is 5. The van der Waals surface area contributed by atoms with Crippen molar-refractivity contribution in [2.24, 2.45) is 5.73 Å². The van der Waals surface area contributed by atoms with Crippen molar-refractivity contribution in [2.75, 3.05) is 7.11 Å². The maximum absolute atomic E-state index is 13.7. The van der Waals surface area contributed by atoms with E-state index in [0.717, 1.165) is 11.3 Å². The molecule has 3 aromatic rings. The molecule has 1 aromatic heterocycles. The van der Waals surface area contributed by atoms with Crippen LogP contribution in [0.4, 0.5) is 0 Å². The summed E-state index contributed by atoms with van der Waals surface area (Å²) in [4.78, 5) is 26.4. The SMILES string of the molecule is COC(=O)C1=C(N)Oc2cc(C)n(CCc3ccccc3)c(=O)c2[C@H]1c1ccccc1Cl. The first-order valence-electron chi connectivity index (χ1n) is 10.2. The van der Waals surface area contributed by atoms with E-state index in [1.54, 1.807) is 34.9 Å². The monoisotopic (exact) mass is 450 g/mol. The van der Waals surface area contributed by atoms with E-state index in [2.05, 4.69) is 0 Å². The molecule has 1 atom stereocenters. The van der Waals surface area contributed by atoms with Crippen LogP contribution in [0.5, 0.6) is 5.75 Å². The number of methoxy groups -OCH3 is 1. The summed E-state index contributed by atoms with van der Waals surface area (Å²) in [5.41, 5.74) is 8.68. The number of hydrogen-bond acceptors (Lipinski definition) is 5. The van der Waals surface area contributed by atoms with Gasteiger partial charge in [-0.1, -0.05) is 60.1 Å². The molecule has 0 amide bonds. The predicted molar refractivity (Wildman–Crippen MR) is 123 cm³/mol. The van der Waals surface area contributed by atoms with E-state index in [4.69, 9.17) is 26.8 Å². The van der Waals surface area contributed by atoms with Crippen LogP contribution in [0.15, 0.2) is 76.9 Å². The number of ether oxygens (including phenoxy) is 2. The molecule has 164 valence electrons. The van der Waals surface area contributed by atoms with Gasteiger partial charge in [0, 0.05) is 23.3 Å². The van der Waals surface area contributed by atoms with Crippen LogP contribution >= 0.6 is 11.6 Å². The Morgan fingerprint density at radius 1 is 1.16 bits per heavy atom. The Hall–Kier alpha value is -3.51. The van der Waals surface area contributed by atoms with Crippen molar-refractivity contribution in [3.63, 3.8) is 0 Å². The molecule has 2 N–H and O–H groups in total. The summed E-state index contributed by atoms with van der Waals surface area (Å²) < 4.78 is 12.4. The summed E-state index contributed by atoms with van der Waals surface area (Å²) in [6.45, 7) is 2.32. The summed E-state index contributed by atoms with van der Waals surface area (Å²) in [6.07, 6.45) is 0.680. The zero-order chi connectivity index (χ0) is 22.8. The minimum atomic E-state index is -0.809. The third kappa shape index (κ3) is 3.89. The van der Waals surface area contributed by atoms with Gasteiger partial charge in [0.15, 0.2) is 0 Å². The number of pyridine rings is 1. The average molecular weight is 451 g/mol. The number of nitrogens with zero attached hydrogens (tertiary/aromatic N) is 1. The maximum atomic E-state index is 13.7. The molecule has 0 radical (unpaired) electrons. The van der Waals surface area contributed by atoms with Gasteiger partial charge in [-0.2, -0.15) is 0 Å². The van der Waals surface area contributed by atoms with E-state index >= 15 is 0 Å². The molecular weight excluding hydrogens is 428 g/mol. The van der Waals surface area contributed by atoms with Gasteiger partial charge >= 0.3 is 5.97 Å². The lowest BCUT2D eigenvalue weighted by Gasteiger charge is -2.29. The quantitative estimate of drug-likeness (QED) is 0.595. The largest absolute Gasteiger partial charge is 0.465 e. The molecule has 0 bridgehead atoms. The van der Waals surface area contributed by atoms with Crippen molar-refractivity contribution in [1.29, 1.82) is 0 Å². The lowest BCUT2D eigenvalue weighted by Crippen LogP contribution is -2.35. The van der Waals surface area contributed by atoms with Gasteiger partial charge in [0.05, 0.1) is 18.6 Å². The lowest BCUT2D eigenvalue weighted by atomic mass is 9.83. The topological polar surface area (TPSA) is 83.5 Å². The van der Waals surface area contributed by atoms with Crippen molar-refractivity contribution in [2.45, 2.75) is 25.8 Å². The van der Waals surface area contributed by atoms with Crippen molar-refractivity contribution < 1.29 is 14.3 Å². The van der Waals surface area contributed by atoms with E-state index in [1.807, 2.05) is 37.3 Å². The van der Waals surface area contributed by atoms with Crippen LogP contribution in [0.2, 0.25) is 5.02 Å². The van der Waals surface area contributed by atoms with Crippen molar-refractivity contribution >= 4 is 17.6 Å². The third-order valence-corrected chi connectivity index (χ3v) is 6.00. The molecule has 32 heavy (non-hydrogen) atoms. The number of fused-ring (bicyclic) bond motifs is 1. The molecule has 0 fully saturated rings. The van der Waals surface area contributed by atoms with Crippen LogP contribution in [-0.2, 0) is 22.5 Å².